The first-order valence-corrected chi connectivity index (χ1v) is 7.68. The van der Waals surface area contributed by atoms with Crippen molar-refractivity contribution in [3.8, 4) is 0 Å². The number of aromatic nitrogens is 3. The van der Waals surface area contributed by atoms with Crippen LogP contribution in [0.2, 0.25) is 0 Å². The molecule has 0 spiro atoms. The lowest BCUT2D eigenvalue weighted by Crippen LogP contribution is -2.26. The van der Waals surface area contributed by atoms with Gasteiger partial charge in [0.2, 0.25) is 0 Å². The zero-order valence-corrected chi connectivity index (χ0v) is 13.9. The molecule has 0 fully saturated rings. The second kappa shape index (κ2) is 6.95. The first kappa shape index (κ1) is 17.6. The number of anilines is 1. The highest BCUT2D eigenvalue weighted by Gasteiger charge is 2.33. The third-order valence-electron chi connectivity index (χ3n) is 3.71. The first-order chi connectivity index (χ1) is 12.3. The lowest BCUT2D eigenvalue weighted by Gasteiger charge is -2.08. The van der Waals surface area contributed by atoms with Crippen LogP contribution in [0.1, 0.15) is 11.1 Å². The summed E-state index contributed by atoms with van der Waals surface area (Å²) in [5, 5.41) is 11.7. The molecule has 0 saturated carbocycles. The molecule has 6 nitrogen and oxygen atoms in total. The van der Waals surface area contributed by atoms with E-state index in [-0.39, 0.29) is 17.2 Å². The molecule has 0 saturated heterocycles. The maximum atomic E-state index is 13.0. The van der Waals surface area contributed by atoms with Crippen LogP contribution in [0, 0.1) is 0 Å². The normalized spacial score (nSPS) is 12.0. The second-order valence-electron chi connectivity index (χ2n) is 5.66. The van der Waals surface area contributed by atoms with E-state index >= 15 is 0 Å². The molecule has 0 atom stereocenters. The Morgan fingerprint density at radius 2 is 1.73 bits per heavy atom. The smallest absolute Gasteiger partial charge is 0.382 e. The third-order valence-corrected chi connectivity index (χ3v) is 3.71. The number of alkyl halides is 3. The fraction of sp³-hybridized carbons (Fsp3) is 0.176. The van der Waals surface area contributed by atoms with Crippen molar-refractivity contribution in [1.29, 1.82) is 0 Å². The molecule has 2 heterocycles. The van der Waals surface area contributed by atoms with E-state index in [0.29, 0.717) is 6.54 Å². The van der Waals surface area contributed by atoms with Crippen LogP contribution in [0.3, 0.4) is 0 Å². The number of nitrogen functional groups attached to an aromatic ring is 1. The van der Waals surface area contributed by atoms with Crippen molar-refractivity contribution in [3.63, 3.8) is 0 Å². The second-order valence-corrected chi connectivity index (χ2v) is 5.66. The van der Waals surface area contributed by atoms with E-state index in [0.717, 1.165) is 11.6 Å². The molecule has 0 radical (unpaired) electrons. The summed E-state index contributed by atoms with van der Waals surface area (Å²) >= 11 is 0. The van der Waals surface area contributed by atoms with E-state index in [2.05, 4.69) is 15.3 Å². The average molecular weight is 361 g/mol. The van der Waals surface area contributed by atoms with Gasteiger partial charge in [-0.3, -0.25) is 0 Å². The third kappa shape index (κ3) is 3.88. The Hall–Kier alpha value is -3.23. The molecule has 0 unspecified atom stereocenters. The Kier molecular flexibility index (Phi) is 4.70. The average Bonchev–Trinajstić information content (AvgIpc) is 2.94. The molecule has 0 aliphatic heterocycles. The molecule has 0 aliphatic rings. The number of nitrogens with two attached hydrogens (primary N) is 1. The predicted molar refractivity (Wildman–Crippen MR) is 89.0 cm³/mol. The summed E-state index contributed by atoms with van der Waals surface area (Å²) in [5.41, 5.74) is 6.05. The van der Waals surface area contributed by atoms with Gasteiger partial charge in [0, 0.05) is 12.1 Å². The molecule has 2 aromatic heterocycles. The number of azo groups is 1. The summed E-state index contributed by atoms with van der Waals surface area (Å²) in [6, 6.07) is 8.80. The number of aryl methyl sites for hydroxylation is 1. The van der Waals surface area contributed by atoms with Gasteiger partial charge in [-0.05, 0) is 17.7 Å². The maximum Gasteiger partial charge on any atom is 0.418 e. The summed E-state index contributed by atoms with van der Waals surface area (Å²) < 4.78 is 42.4. The van der Waals surface area contributed by atoms with E-state index < -0.39 is 11.7 Å². The summed E-state index contributed by atoms with van der Waals surface area (Å²) in [6.07, 6.45) is 0.653. The largest absolute Gasteiger partial charge is 0.418 e. The van der Waals surface area contributed by atoms with Crippen LogP contribution >= 0.6 is 0 Å². The topological polar surface area (TPSA) is 72.4 Å². The Labute approximate surface area is 147 Å². The summed E-state index contributed by atoms with van der Waals surface area (Å²) in [6.45, 7) is 0.418. The van der Waals surface area contributed by atoms with Gasteiger partial charge in [0.15, 0.2) is 12.4 Å². The number of rotatable bonds is 4. The highest BCUT2D eigenvalue weighted by atomic mass is 19.4. The van der Waals surface area contributed by atoms with Crippen LogP contribution in [-0.2, 0) is 19.8 Å². The number of nitrogens with zero attached hydrogens (tertiary/aromatic N) is 5. The van der Waals surface area contributed by atoms with E-state index in [1.165, 1.54) is 29.1 Å². The van der Waals surface area contributed by atoms with Crippen LogP contribution in [-0.4, -0.2) is 9.78 Å². The van der Waals surface area contributed by atoms with Gasteiger partial charge in [0.05, 0.1) is 24.0 Å². The standard InChI is InChI=1S/C17H16F3N6/c1-25-8-6-12(7-9-25)11-26-16(21)15(10-22-26)24-23-14-5-3-2-4-13(14)17(18,19)20/h2-10H,11,21H2,1H3/q+1. The van der Waals surface area contributed by atoms with E-state index in [1.54, 1.807) is 0 Å². The lowest BCUT2D eigenvalue weighted by atomic mass is 10.2. The molecule has 0 amide bonds. The van der Waals surface area contributed by atoms with Gasteiger partial charge in [-0.25, -0.2) is 9.25 Å². The van der Waals surface area contributed by atoms with Gasteiger partial charge in [0.1, 0.15) is 18.6 Å². The van der Waals surface area contributed by atoms with Crippen molar-refractivity contribution in [1.82, 2.24) is 9.78 Å². The molecule has 9 heteroatoms. The predicted octanol–water partition coefficient (Wildman–Crippen LogP) is 3.77. The minimum Gasteiger partial charge on any atom is -0.382 e. The van der Waals surface area contributed by atoms with Crippen molar-refractivity contribution in [2.75, 3.05) is 5.73 Å². The molecule has 0 bridgehead atoms. The van der Waals surface area contributed by atoms with Crippen LogP contribution < -0.4 is 10.3 Å². The summed E-state index contributed by atoms with van der Waals surface area (Å²) in [7, 11) is 1.91. The Morgan fingerprint density at radius 3 is 2.42 bits per heavy atom. The van der Waals surface area contributed by atoms with Gasteiger partial charge in [-0.2, -0.15) is 18.3 Å². The molecular formula is C17H16F3N6+. The molecule has 3 rings (SSSR count). The van der Waals surface area contributed by atoms with Gasteiger partial charge in [0.25, 0.3) is 0 Å². The van der Waals surface area contributed by atoms with Gasteiger partial charge in [-0.1, -0.05) is 12.1 Å². The van der Waals surface area contributed by atoms with Crippen molar-refractivity contribution in [2.24, 2.45) is 17.3 Å². The number of halogens is 3. The highest BCUT2D eigenvalue weighted by molar-refractivity contribution is 5.57. The fourth-order valence-corrected chi connectivity index (χ4v) is 2.31. The highest BCUT2D eigenvalue weighted by Crippen LogP contribution is 2.37. The summed E-state index contributed by atoms with van der Waals surface area (Å²) in [5.74, 6) is 0.228. The van der Waals surface area contributed by atoms with Crippen LogP contribution in [0.25, 0.3) is 0 Å². The summed E-state index contributed by atoms with van der Waals surface area (Å²) in [4.78, 5) is 0. The Morgan fingerprint density at radius 1 is 1.08 bits per heavy atom. The number of hydrogen-bond donors (Lipinski definition) is 1. The monoisotopic (exact) mass is 361 g/mol. The van der Waals surface area contributed by atoms with Crippen LogP contribution in [0.4, 0.5) is 30.4 Å². The minimum absolute atomic E-state index is 0.212. The Bertz CT molecular complexity index is 928. The van der Waals surface area contributed by atoms with Crippen LogP contribution in [0.15, 0.2) is 65.2 Å². The van der Waals surface area contributed by atoms with Crippen molar-refractivity contribution in [3.05, 3.63) is 66.1 Å². The molecular weight excluding hydrogens is 345 g/mol. The number of pyridine rings is 1. The lowest BCUT2D eigenvalue weighted by molar-refractivity contribution is -0.671. The van der Waals surface area contributed by atoms with E-state index in [4.69, 9.17) is 5.73 Å². The van der Waals surface area contributed by atoms with E-state index in [9.17, 15) is 13.2 Å². The SMILES string of the molecule is C[n+]1ccc(Cn2ncc(N=Nc3ccccc3C(F)(F)F)c2N)cc1. The molecule has 26 heavy (non-hydrogen) atoms. The van der Waals surface area contributed by atoms with Gasteiger partial charge in [-0.15, -0.1) is 10.2 Å². The minimum atomic E-state index is -4.51. The molecule has 2 N–H and O–H groups in total. The van der Waals surface area contributed by atoms with Gasteiger partial charge < -0.3 is 5.73 Å². The van der Waals surface area contributed by atoms with Crippen LogP contribution in [0.5, 0.6) is 0 Å². The van der Waals surface area contributed by atoms with E-state index in [1.807, 2.05) is 36.1 Å². The van der Waals surface area contributed by atoms with Crippen molar-refractivity contribution < 1.29 is 17.7 Å². The first-order valence-electron chi connectivity index (χ1n) is 7.68. The number of benzene rings is 1. The molecule has 1 aromatic carbocycles. The number of hydrogen-bond acceptors (Lipinski definition) is 4. The molecule has 134 valence electrons. The fourth-order valence-electron chi connectivity index (χ4n) is 2.31. The van der Waals surface area contributed by atoms with Crippen molar-refractivity contribution >= 4 is 17.2 Å². The quantitative estimate of drug-likeness (QED) is 0.567. The Balaban J connectivity index is 1.83. The van der Waals surface area contributed by atoms with Crippen molar-refractivity contribution in [2.45, 2.75) is 12.7 Å². The zero-order valence-electron chi connectivity index (χ0n) is 13.9. The molecule has 3 aromatic rings. The molecule has 0 aliphatic carbocycles. The zero-order chi connectivity index (χ0) is 18.7. The van der Waals surface area contributed by atoms with Gasteiger partial charge >= 0.3 is 6.18 Å². The maximum absolute atomic E-state index is 13.0.